The quantitative estimate of drug-likeness (QED) is 0.0747. The molecule has 0 aliphatic heterocycles. The van der Waals surface area contributed by atoms with Crippen molar-refractivity contribution in [2.75, 3.05) is 13.7 Å². The molecule has 0 aromatic heterocycles. The molecule has 0 radical (unpaired) electrons. The average molecular weight is 698 g/mol. The van der Waals surface area contributed by atoms with Gasteiger partial charge in [0.1, 0.15) is 11.6 Å². The number of aliphatic imine (C=N–C) groups is 1. The van der Waals surface area contributed by atoms with Crippen molar-refractivity contribution in [2.45, 2.75) is 98.3 Å². The normalized spacial score (nSPS) is 16.6. The summed E-state index contributed by atoms with van der Waals surface area (Å²) < 4.78 is 35.8. The maximum Gasteiger partial charge on any atom is 0.185 e. The van der Waals surface area contributed by atoms with E-state index in [1.807, 2.05) is 13.0 Å². The molecule has 0 saturated carbocycles. The van der Waals surface area contributed by atoms with Crippen molar-refractivity contribution in [3.05, 3.63) is 115 Å². The highest BCUT2D eigenvalue weighted by atomic mass is 35.5. The standard InChI is InChI=1S/C40H54ClF2N3OS/c1-26-12-15-30(16-13-26)21-28(3)34(40(5,6)32-17-19-35(41)38(24-32)47-7)18-14-27(2)29(4)48-25-33-36(42)22-31(23-37(33)43)11-9-8-10-20-46-39(44)45/h12-13,15-19,22-23,28,38H,8-11,14,20-21,24-25H2,1-7H3,(H4,44,45,46). The number of nitrogens with two attached hydrogens (primary N) is 2. The van der Waals surface area contributed by atoms with E-state index in [1.54, 1.807) is 7.11 Å². The molecule has 8 heteroatoms. The van der Waals surface area contributed by atoms with Gasteiger partial charge in [0, 0.05) is 41.8 Å². The zero-order chi connectivity index (χ0) is 35.4. The Bertz CT molecular complexity index is 1510. The summed E-state index contributed by atoms with van der Waals surface area (Å²) in [5.74, 6) is -0.363. The van der Waals surface area contributed by atoms with E-state index in [4.69, 9.17) is 27.8 Å². The largest absolute Gasteiger partial charge is 0.376 e. The van der Waals surface area contributed by atoms with Crippen LogP contribution >= 0.6 is 23.4 Å². The molecule has 2 aromatic carbocycles. The Balaban J connectivity index is 1.75. The second-order valence-corrected chi connectivity index (χ2v) is 15.2. The molecule has 3 rings (SSSR count). The number of nitrogens with zero attached hydrogens (tertiary/aromatic N) is 1. The molecule has 0 amide bonds. The Morgan fingerprint density at radius 1 is 1.06 bits per heavy atom. The van der Waals surface area contributed by atoms with Gasteiger partial charge >= 0.3 is 0 Å². The van der Waals surface area contributed by atoms with E-state index in [2.05, 4.69) is 76.0 Å². The molecule has 2 aromatic rings. The number of methoxy groups -OCH3 is 1. The third-order valence-corrected chi connectivity index (χ3v) is 11.0. The maximum absolute atomic E-state index is 15.1. The molecule has 48 heavy (non-hydrogen) atoms. The number of benzene rings is 2. The number of rotatable bonds is 17. The summed E-state index contributed by atoms with van der Waals surface area (Å²) in [6.07, 6.45) is 11.9. The number of guanidine groups is 1. The third-order valence-electron chi connectivity index (χ3n) is 9.44. The van der Waals surface area contributed by atoms with E-state index in [0.29, 0.717) is 18.5 Å². The van der Waals surface area contributed by atoms with Crippen LogP contribution in [0.2, 0.25) is 0 Å². The van der Waals surface area contributed by atoms with Gasteiger partial charge in [0.05, 0.1) is 6.10 Å². The van der Waals surface area contributed by atoms with Crippen molar-refractivity contribution in [3.63, 3.8) is 0 Å². The summed E-state index contributed by atoms with van der Waals surface area (Å²) in [7, 11) is 1.70. The molecular weight excluding hydrogens is 644 g/mol. The molecule has 262 valence electrons. The minimum atomic E-state index is -0.485. The highest BCUT2D eigenvalue weighted by molar-refractivity contribution is 8.02. The number of hydrogen-bond donors (Lipinski definition) is 2. The number of aryl methyl sites for hydroxylation is 2. The summed E-state index contributed by atoms with van der Waals surface area (Å²) >= 11 is 7.95. The van der Waals surface area contributed by atoms with Crippen LogP contribution in [0.15, 0.2) is 86.3 Å². The molecule has 0 bridgehead atoms. The Kier molecular flexibility index (Phi) is 15.5. The molecule has 1 aliphatic rings. The number of ether oxygens (including phenoxy) is 1. The van der Waals surface area contributed by atoms with Gasteiger partial charge in [0.15, 0.2) is 5.96 Å². The molecule has 0 heterocycles. The number of thioether (sulfide) groups is 1. The number of hydrogen-bond acceptors (Lipinski definition) is 3. The van der Waals surface area contributed by atoms with E-state index in [9.17, 15) is 0 Å². The summed E-state index contributed by atoms with van der Waals surface area (Å²) in [5.41, 5.74) is 17.7. The number of halogens is 3. The maximum atomic E-state index is 15.1. The Hall–Kier alpha value is -2.87. The SMILES string of the molecule is COC1CC(C(C)(C)C(=CCC(C)=C(C)SCc2c(F)cc(CCCCCN=C(N)N)cc2F)C(C)Cc2ccc(C)cc2)=CC=C1Cl. The molecular formula is C40H54ClF2N3OS. The first-order chi connectivity index (χ1) is 22.7. The van der Waals surface area contributed by atoms with Crippen molar-refractivity contribution < 1.29 is 13.5 Å². The van der Waals surface area contributed by atoms with E-state index in [0.717, 1.165) is 48.5 Å². The first kappa shape index (κ1) is 39.6. The molecule has 2 unspecified atom stereocenters. The molecule has 2 atom stereocenters. The Morgan fingerprint density at radius 3 is 2.35 bits per heavy atom. The lowest BCUT2D eigenvalue weighted by molar-refractivity contribution is 0.132. The van der Waals surface area contributed by atoms with Crippen LogP contribution < -0.4 is 11.5 Å². The lowest BCUT2D eigenvalue weighted by Gasteiger charge is -2.37. The fourth-order valence-electron chi connectivity index (χ4n) is 6.23. The molecule has 0 saturated heterocycles. The first-order valence-corrected chi connectivity index (χ1v) is 18.3. The van der Waals surface area contributed by atoms with E-state index >= 15 is 8.78 Å². The molecule has 4 N–H and O–H groups in total. The van der Waals surface area contributed by atoms with E-state index in [1.165, 1.54) is 51.7 Å². The monoisotopic (exact) mass is 697 g/mol. The van der Waals surface area contributed by atoms with Crippen molar-refractivity contribution in [1.82, 2.24) is 0 Å². The second kappa shape index (κ2) is 18.8. The van der Waals surface area contributed by atoms with Crippen LogP contribution in [0.25, 0.3) is 0 Å². The summed E-state index contributed by atoms with van der Waals surface area (Å²) in [4.78, 5) is 5.04. The molecule has 0 spiro atoms. The Morgan fingerprint density at radius 2 is 1.73 bits per heavy atom. The highest BCUT2D eigenvalue weighted by Crippen LogP contribution is 2.45. The predicted molar refractivity (Wildman–Crippen MR) is 202 cm³/mol. The van der Waals surface area contributed by atoms with Gasteiger partial charge in [0.2, 0.25) is 0 Å². The van der Waals surface area contributed by atoms with Crippen LogP contribution in [0.1, 0.15) is 89.0 Å². The average Bonchev–Trinajstić information content (AvgIpc) is 3.03. The van der Waals surface area contributed by atoms with Crippen LogP contribution in [0, 0.1) is 29.9 Å². The summed E-state index contributed by atoms with van der Waals surface area (Å²) in [6, 6.07) is 11.7. The zero-order valence-electron chi connectivity index (χ0n) is 29.8. The van der Waals surface area contributed by atoms with E-state index < -0.39 is 11.6 Å². The first-order valence-electron chi connectivity index (χ1n) is 16.9. The van der Waals surface area contributed by atoms with Crippen LogP contribution in [0.5, 0.6) is 0 Å². The number of allylic oxidation sites excluding steroid dienone is 6. The van der Waals surface area contributed by atoms with Crippen LogP contribution in [0.4, 0.5) is 8.78 Å². The van der Waals surface area contributed by atoms with E-state index in [-0.39, 0.29) is 34.7 Å². The van der Waals surface area contributed by atoms with Crippen molar-refractivity contribution in [1.29, 1.82) is 0 Å². The number of unbranched alkanes of at least 4 members (excludes halogenated alkanes) is 2. The van der Waals surface area contributed by atoms with Gasteiger partial charge in [0.25, 0.3) is 0 Å². The lowest BCUT2D eigenvalue weighted by atomic mass is 9.68. The van der Waals surface area contributed by atoms with Gasteiger partial charge < -0.3 is 16.2 Å². The van der Waals surface area contributed by atoms with Crippen molar-refractivity contribution >= 4 is 29.3 Å². The minimum Gasteiger partial charge on any atom is -0.376 e. The fraction of sp³-hybridized carbons (Fsp3) is 0.475. The topological polar surface area (TPSA) is 73.6 Å². The summed E-state index contributed by atoms with van der Waals surface area (Å²) in [5, 5.41) is 0.722. The van der Waals surface area contributed by atoms with Crippen LogP contribution in [-0.4, -0.2) is 25.7 Å². The fourth-order valence-corrected chi connectivity index (χ4v) is 7.43. The van der Waals surface area contributed by atoms with Crippen LogP contribution in [-0.2, 0) is 23.3 Å². The molecule has 4 nitrogen and oxygen atoms in total. The molecule has 0 fully saturated rings. The van der Waals surface area contributed by atoms with Gasteiger partial charge in [-0.1, -0.05) is 97.5 Å². The second-order valence-electron chi connectivity index (χ2n) is 13.5. The smallest absolute Gasteiger partial charge is 0.185 e. The van der Waals surface area contributed by atoms with Gasteiger partial charge in [-0.25, -0.2) is 8.78 Å². The van der Waals surface area contributed by atoms with Crippen molar-refractivity contribution in [3.8, 4) is 0 Å². The zero-order valence-corrected chi connectivity index (χ0v) is 31.3. The third kappa shape index (κ3) is 11.6. The van der Waals surface area contributed by atoms with Gasteiger partial charge in [-0.3, -0.25) is 4.99 Å². The minimum absolute atomic E-state index is 0.0824. The Labute approximate surface area is 296 Å². The lowest BCUT2D eigenvalue weighted by Crippen LogP contribution is -2.28. The summed E-state index contributed by atoms with van der Waals surface area (Å²) in [6.45, 7) is 13.7. The van der Waals surface area contributed by atoms with Crippen molar-refractivity contribution in [2.24, 2.45) is 27.8 Å². The highest BCUT2D eigenvalue weighted by Gasteiger charge is 2.34. The van der Waals surface area contributed by atoms with Gasteiger partial charge in [-0.05, 0) is 93.0 Å². The van der Waals surface area contributed by atoms with Gasteiger partial charge in [-0.2, -0.15) is 0 Å². The van der Waals surface area contributed by atoms with Gasteiger partial charge in [-0.15, -0.1) is 11.8 Å². The predicted octanol–water partition coefficient (Wildman–Crippen LogP) is 10.5. The molecule has 1 aliphatic carbocycles. The van der Waals surface area contributed by atoms with Crippen LogP contribution in [0.3, 0.4) is 0 Å².